The van der Waals surface area contributed by atoms with Crippen molar-refractivity contribution in [2.75, 3.05) is 13.2 Å². The number of hydrogen-bond acceptors (Lipinski definition) is 10. The van der Waals surface area contributed by atoms with Crippen molar-refractivity contribution in [3.8, 4) is 0 Å². The van der Waals surface area contributed by atoms with E-state index in [0.29, 0.717) is 0 Å². The first kappa shape index (κ1) is 27.5. The summed E-state index contributed by atoms with van der Waals surface area (Å²) in [4.78, 5) is 46.9. The van der Waals surface area contributed by atoms with Gasteiger partial charge in [-0.3, -0.25) is 19.2 Å². The second-order valence-electron chi connectivity index (χ2n) is 8.55. The van der Waals surface area contributed by atoms with E-state index in [-0.39, 0.29) is 13.2 Å². The molecule has 1 fully saturated rings. The molecule has 0 N–H and O–H groups in total. The number of esters is 4. The van der Waals surface area contributed by atoms with Gasteiger partial charge in [-0.25, -0.2) is 0 Å². The third kappa shape index (κ3) is 8.25. The first-order valence-corrected chi connectivity index (χ1v) is 11.2. The summed E-state index contributed by atoms with van der Waals surface area (Å²) in [6.45, 7) is 8.85. The number of rotatable bonds is 8. The summed E-state index contributed by atoms with van der Waals surface area (Å²) in [5.41, 5.74) is 3.74. The zero-order chi connectivity index (χ0) is 25.4. The molecule has 1 heterocycles. The van der Waals surface area contributed by atoms with Gasteiger partial charge in [0.25, 0.3) is 0 Å². The van der Waals surface area contributed by atoms with E-state index in [9.17, 15) is 19.2 Å². The first-order valence-electron chi connectivity index (χ1n) is 11.2. The van der Waals surface area contributed by atoms with Crippen LogP contribution in [0.3, 0.4) is 0 Å². The van der Waals surface area contributed by atoms with Gasteiger partial charge in [-0.15, -0.1) is 0 Å². The fourth-order valence-electron chi connectivity index (χ4n) is 3.88. The van der Waals surface area contributed by atoms with Gasteiger partial charge in [0.1, 0.15) is 12.7 Å². The van der Waals surface area contributed by atoms with Crippen LogP contribution in [-0.4, -0.2) is 67.8 Å². The maximum atomic E-state index is 11.9. The summed E-state index contributed by atoms with van der Waals surface area (Å²) in [6, 6.07) is 0. The van der Waals surface area contributed by atoms with Crippen LogP contribution in [0.15, 0.2) is 22.8 Å². The maximum absolute atomic E-state index is 11.9. The number of ether oxygens (including phenoxy) is 6. The average Bonchev–Trinajstić information content (AvgIpc) is 2.73. The Bertz CT molecular complexity index is 839. The van der Waals surface area contributed by atoms with E-state index < -0.39 is 54.6 Å². The molecule has 10 nitrogen and oxygen atoms in total. The van der Waals surface area contributed by atoms with E-state index in [1.807, 2.05) is 0 Å². The van der Waals surface area contributed by atoms with Crippen molar-refractivity contribution in [1.29, 1.82) is 0 Å². The Labute approximate surface area is 199 Å². The topological polar surface area (TPSA) is 124 Å². The van der Waals surface area contributed by atoms with Crippen LogP contribution < -0.4 is 0 Å². The van der Waals surface area contributed by atoms with Crippen LogP contribution in [0.5, 0.6) is 0 Å². The molecule has 0 aromatic rings. The van der Waals surface area contributed by atoms with Gasteiger partial charge in [0.05, 0.1) is 6.61 Å². The minimum atomic E-state index is -1.23. The number of hydrogen-bond donors (Lipinski definition) is 0. The van der Waals surface area contributed by atoms with Gasteiger partial charge in [0.2, 0.25) is 0 Å². The molecule has 1 saturated heterocycles. The van der Waals surface area contributed by atoms with E-state index in [1.165, 1.54) is 38.8 Å². The quantitative estimate of drug-likeness (QED) is 0.290. The first-order chi connectivity index (χ1) is 16.0. The van der Waals surface area contributed by atoms with Crippen LogP contribution in [0.25, 0.3) is 0 Å². The van der Waals surface area contributed by atoms with Crippen molar-refractivity contribution in [2.24, 2.45) is 0 Å². The molecule has 1 aliphatic carbocycles. The highest BCUT2D eigenvalue weighted by molar-refractivity contribution is 5.68. The van der Waals surface area contributed by atoms with Crippen LogP contribution in [0.4, 0.5) is 0 Å². The molecule has 2 rings (SSSR count). The molecule has 0 bridgehead atoms. The normalized spacial score (nSPS) is 26.7. The highest BCUT2D eigenvalue weighted by Crippen LogP contribution is 2.31. The Kier molecular flexibility index (Phi) is 10.2. The van der Waals surface area contributed by atoms with Gasteiger partial charge in [-0.1, -0.05) is 17.2 Å². The van der Waals surface area contributed by atoms with Crippen LogP contribution >= 0.6 is 0 Å². The van der Waals surface area contributed by atoms with E-state index >= 15 is 0 Å². The van der Waals surface area contributed by atoms with Gasteiger partial charge in [0, 0.05) is 27.7 Å². The Morgan fingerprint density at radius 1 is 0.824 bits per heavy atom. The maximum Gasteiger partial charge on any atom is 0.303 e. The molecule has 10 heteroatoms. The lowest BCUT2D eigenvalue weighted by molar-refractivity contribution is -0.306. The molecular formula is C24H34O10. The molecule has 0 aromatic carbocycles. The molecule has 1 aliphatic heterocycles. The zero-order valence-corrected chi connectivity index (χ0v) is 20.6. The van der Waals surface area contributed by atoms with Gasteiger partial charge in [-0.2, -0.15) is 0 Å². The summed E-state index contributed by atoms with van der Waals surface area (Å²) in [7, 11) is 0. The molecule has 0 unspecified atom stereocenters. The summed E-state index contributed by atoms with van der Waals surface area (Å²) in [6.07, 6.45) is -1.16. The van der Waals surface area contributed by atoms with Gasteiger partial charge in [0.15, 0.2) is 24.6 Å². The predicted molar refractivity (Wildman–Crippen MR) is 118 cm³/mol. The summed E-state index contributed by atoms with van der Waals surface area (Å²) < 4.78 is 33.1. The Balaban J connectivity index is 2.30. The summed E-state index contributed by atoms with van der Waals surface area (Å²) in [5.74, 6) is -2.60. The van der Waals surface area contributed by atoms with E-state index in [4.69, 9.17) is 28.4 Å². The van der Waals surface area contributed by atoms with E-state index in [1.54, 1.807) is 0 Å². The lowest BCUT2D eigenvalue weighted by Crippen LogP contribution is -2.63. The van der Waals surface area contributed by atoms with Crippen molar-refractivity contribution < 1.29 is 47.6 Å². The Morgan fingerprint density at radius 3 is 1.91 bits per heavy atom. The Morgan fingerprint density at radius 2 is 1.41 bits per heavy atom. The molecular weight excluding hydrogens is 448 g/mol. The van der Waals surface area contributed by atoms with Crippen molar-refractivity contribution in [3.63, 3.8) is 0 Å². The van der Waals surface area contributed by atoms with Gasteiger partial charge >= 0.3 is 23.9 Å². The zero-order valence-electron chi connectivity index (χ0n) is 20.6. The van der Waals surface area contributed by atoms with Crippen LogP contribution in [-0.2, 0) is 47.6 Å². The van der Waals surface area contributed by atoms with Crippen LogP contribution in [0.2, 0.25) is 0 Å². The molecule has 34 heavy (non-hydrogen) atoms. The third-order valence-electron chi connectivity index (χ3n) is 5.47. The summed E-state index contributed by atoms with van der Waals surface area (Å²) in [5, 5.41) is 0. The molecule has 5 atom stereocenters. The molecule has 0 radical (unpaired) electrons. The fraction of sp³-hybridized carbons (Fsp3) is 0.667. The molecule has 0 spiro atoms. The molecule has 0 amide bonds. The highest BCUT2D eigenvalue weighted by Gasteiger charge is 2.52. The van der Waals surface area contributed by atoms with Gasteiger partial charge < -0.3 is 28.4 Å². The molecule has 0 aromatic heterocycles. The number of carbonyl (C=O) groups is 4. The van der Waals surface area contributed by atoms with Crippen molar-refractivity contribution in [2.45, 2.75) is 91.5 Å². The van der Waals surface area contributed by atoms with Crippen LogP contribution in [0, 0.1) is 0 Å². The van der Waals surface area contributed by atoms with E-state index in [2.05, 4.69) is 19.9 Å². The molecule has 0 saturated carbocycles. The van der Waals surface area contributed by atoms with Crippen molar-refractivity contribution >= 4 is 23.9 Å². The van der Waals surface area contributed by atoms with E-state index in [0.717, 1.165) is 24.8 Å². The second kappa shape index (κ2) is 12.7. The predicted octanol–water partition coefficient (Wildman–Crippen LogP) is 2.53. The highest BCUT2D eigenvalue weighted by atomic mass is 16.7. The molecule has 190 valence electrons. The third-order valence-corrected chi connectivity index (χ3v) is 5.47. The SMILES string of the molecule is CC(=O)OC[C@H]1O[C@@H](OCC2=CCC(=C(C)C)CC2)[C@H](OC(C)=O)[C@@H](OC(C)=O)[C@@H]1OC(C)=O. The smallest absolute Gasteiger partial charge is 0.303 e. The largest absolute Gasteiger partial charge is 0.463 e. The molecule has 2 aliphatic rings. The second-order valence-corrected chi connectivity index (χ2v) is 8.55. The minimum Gasteiger partial charge on any atom is -0.463 e. The van der Waals surface area contributed by atoms with Crippen molar-refractivity contribution in [1.82, 2.24) is 0 Å². The lowest BCUT2D eigenvalue weighted by atomic mass is 9.92. The standard InChI is InChI=1S/C24H34O10/c1-13(2)19-9-7-18(8-10-19)11-30-24-23(33-17(6)28)22(32-16(5)27)21(31-15(4)26)20(34-24)12-29-14(3)25/h7,20-24H,8-12H2,1-6H3/t20-,21-,22+,23-,24-/m1/s1. The average molecular weight is 483 g/mol. The fourth-order valence-corrected chi connectivity index (χ4v) is 3.88. The monoisotopic (exact) mass is 482 g/mol. The van der Waals surface area contributed by atoms with Crippen molar-refractivity contribution in [3.05, 3.63) is 22.8 Å². The number of allylic oxidation sites excluding steroid dienone is 3. The Hall–Kier alpha value is -2.72. The minimum absolute atomic E-state index is 0.198. The van der Waals surface area contributed by atoms with Crippen LogP contribution in [0.1, 0.15) is 60.8 Å². The number of carbonyl (C=O) groups excluding carboxylic acids is 4. The van der Waals surface area contributed by atoms with Gasteiger partial charge in [-0.05, 0) is 38.7 Å². The lowest BCUT2D eigenvalue weighted by Gasteiger charge is -2.44. The summed E-state index contributed by atoms with van der Waals surface area (Å²) >= 11 is 0.